The van der Waals surface area contributed by atoms with E-state index in [0.717, 1.165) is 23.1 Å². The number of benzene rings is 1. The van der Waals surface area contributed by atoms with Gasteiger partial charge in [-0.25, -0.2) is 0 Å². The first kappa shape index (κ1) is 15.1. The maximum Gasteiger partial charge on any atom is 0.309 e. The first-order chi connectivity index (χ1) is 10.6. The lowest BCUT2D eigenvalue weighted by molar-refractivity contribution is -0.139. The summed E-state index contributed by atoms with van der Waals surface area (Å²) in [7, 11) is 1.38. The molecule has 1 amide bonds. The van der Waals surface area contributed by atoms with Gasteiger partial charge in [-0.05, 0) is 54.7 Å². The van der Waals surface area contributed by atoms with E-state index >= 15 is 0 Å². The number of carbonyl (C=O) groups is 2. The summed E-state index contributed by atoms with van der Waals surface area (Å²) in [6.07, 6.45) is 6.15. The third kappa shape index (κ3) is 3.49. The Labute approximate surface area is 131 Å². The predicted molar refractivity (Wildman–Crippen MR) is 84.3 cm³/mol. The molecule has 22 heavy (non-hydrogen) atoms. The predicted octanol–water partition coefficient (Wildman–Crippen LogP) is 3.17. The summed E-state index contributed by atoms with van der Waals surface area (Å²) in [6.45, 7) is 0. The van der Waals surface area contributed by atoms with Gasteiger partial charge in [0.25, 0.3) is 0 Å². The van der Waals surface area contributed by atoms with Crippen LogP contribution in [-0.2, 0) is 20.7 Å². The molecule has 1 aromatic rings. The second kappa shape index (κ2) is 6.51. The first-order valence-electron chi connectivity index (χ1n) is 8.09. The summed E-state index contributed by atoms with van der Waals surface area (Å²) in [4.78, 5) is 23.4. The van der Waals surface area contributed by atoms with Gasteiger partial charge in [0.1, 0.15) is 0 Å². The van der Waals surface area contributed by atoms with Crippen LogP contribution in [0.2, 0.25) is 0 Å². The molecule has 0 radical (unpaired) electrons. The van der Waals surface area contributed by atoms with E-state index in [2.05, 4.69) is 10.1 Å². The Balaban J connectivity index is 1.50. The molecule has 2 aliphatic carbocycles. The van der Waals surface area contributed by atoms with Crippen molar-refractivity contribution in [3.8, 4) is 0 Å². The van der Waals surface area contributed by atoms with E-state index in [0.29, 0.717) is 12.3 Å². The Morgan fingerprint density at radius 1 is 1.18 bits per heavy atom. The lowest BCUT2D eigenvalue weighted by Crippen LogP contribution is -2.20. The Hall–Kier alpha value is -1.84. The molecule has 0 aliphatic heterocycles. The largest absolute Gasteiger partial charge is 0.469 e. The highest BCUT2D eigenvalue weighted by atomic mass is 16.5. The number of ether oxygens (including phenoxy) is 1. The number of hydrogen-bond donors (Lipinski definition) is 1. The second-order valence-electron chi connectivity index (χ2n) is 6.64. The van der Waals surface area contributed by atoms with E-state index < -0.39 is 0 Å². The highest BCUT2D eigenvalue weighted by molar-refractivity contribution is 5.91. The minimum Gasteiger partial charge on any atom is -0.469 e. The van der Waals surface area contributed by atoms with Crippen LogP contribution < -0.4 is 5.32 Å². The highest BCUT2D eigenvalue weighted by Gasteiger charge is 2.40. The molecular weight excluding hydrogens is 278 g/mol. The Morgan fingerprint density at radius 3 is 2.55 bits per heavy atom. The van der Waals surface area contributed by atoms with Crippen LogP contribution >= 0.6 is 0 Å². The van der Waals surface area contributed by atoms with Gasteiger partial charge in [-0.1, -0.05) is 18.6 Å². The maximum absolute atomic E-state index is 12.2. The van der Waals surface area contributed by atoms with Gasteiger partial charge in [0.15, 0.2) is 0 Å². The first-order valence-corrected chi connectivity index (χ1v) is 8.09. The number of nitrogens with one attached hydrogen (secondary N) is 1. The molecule has 2 aliphatic rings. The van der Waals surface area contributed by atoms with E-state index in [1.165, 1.54) is 32.8 Å². The number of anilines is 1. The van der Waals surface area contributed by atoms with Crippen LogP contribution in [0.15, 0.2) is 24.3 Å². The number of fused-ring (bicyclic) bond motifs is 2. The SMILES string of the molecule is COC(=O)Cc1ccc(NC(=O)C[C@H]2C[C@H]3CC[C@H]2C3)cc1. The molecule has 3 atom stereocenters. The summed E-state index contributed by atoms with van der Waals surface area (Å²) in [5, 5.41) is 2.97. The van der Waals surface area contributed by atoms with Crippen LogP contribution in [-0.4, -0.2) is 19.0 Å². The van der Waals surface area contributed by atoms with Crippen molar-refractivity contribution in [3.05, 3.63) is 29.8 Å². The van der Waals surface area contributed by atoms with Gasteiger partial charge in [0.05, 0.1) is 13.5 Å². The van der Waals surface area contributed by atoms with Crippen LogP contribution in [0.4, 0.5) is 5.69 Å². The minimum atomic E-state index is -0.256. The van der Waals surface area contributed by atoms with E-state index in [1.807, 2.05) is 24.3 Å². The molecule has 2 bridgehead atoms. The van der Waals surface area contributed by atoms with Crippen molar-refractivity contribution >= 4 is 17.6 Å². The highest BCUT2D eigenvalue weighted by Crippen LogP contribution is 2.49. The van der Waals surface area contributed by atoms with Crippen molar-refractivity contribution in [1.29, 1.82) is 0 Å². The normalized spacial score (nSPS) is 26.0. The average molecular weight is 301 g/mol. The molecule has 1 N–H and O–H groups in total. The molecular formula is C18H23NO3. The summed E-state index contributed by atoms with van der Waals surface area (Å²) in [6, 6.07) is 7.39. The van der Waals surface area contributed by atoms with E-state index in [9.17, 15) is 9.59 Å². The molecule has 4 heteroatoms. The van der Waals surface area contributed by atoms with E-state index in [-0.39, 0.29) is 18.3 Å². The molecule has 118 valence electrons. The molecule has 1 aromatic carbocycles. The van der Waals surface area contributed by atoms with E-state index in [1.54, 1.807) is 0 Å². The monoisotopic (exact) mass is 301 g/mol. The topological polar surface area (TPSA) is 55.4 Å². The van der Waals surface area contributed by atoms with Crippen LogP contribution in [0.3, 0.4) is 0 Å². The quantitative estimate of drug-likeness (QED) is 0.850. The molecule has 3 rings (SSSR count). The van der Waals surface area contributed by atoms with Gasteiger partial charge >= 0.3 is 5.97 Å². The summed E-state index contributed by atoms with van der Waals surface area (Å²) in [5.41, 5.74) is 1.68. The van der Waals surface area contributed by atoms with Gasteiger partial charge in [-0.2, -0.15) is 0 Å². The molecule has 0 saturated heterocycles. The Morgan fingerprint density at radius 2 is 1.95 bits per heavy atom. The van der Waals surface area contributed by atoms with Crippen LogP contribution in [0.1, 0.15) is 37.7 Å². The molecule has 2 fully saturated rings. The minimum absolute atomic E-state index is 0.110. The molecule has 0 heterocycles. The lowest BCUT2D eigenvalue weighted by atomic mass is 9.86. The van der Waals surface area contributed by atoms with Crippen molar-refractivity contribution in [3.63, 3.8) is 0 Å². The maximum atomic E-state index is 12.2. The fourth-order valence-electron chi connectivity index (χ4n) is 4.02. The number of carbonyl (C=O) groups excluding carboxylic acids is 2. The van der Waals surface area contributed by atoms with Crippen molar-refractivity contribution in [1.82, 2.24) is 0 Å². The zero-order valence-corrected chi connectivity index (χ0v) is 13.0. The van der Waals surface area contributed by atoms with Crippen molar-refractivity contribution in [2.45, 2.75) is 38.5 Å². The van der Waals surface area contributed by atoms with Gasteiger partial charge < -0.3 is 10.1 Å². The number of amides is 1. The third-order valence-corrected chi connectivity index (χ3v) is 5.15. The van der Waals surface area contributed by atoms with Crippen molar-refractivity contribution < 1.29 is 14.3 Å². The van der Waals surface area contributed by atoms with Crippen LogP contribution in [0.25, 0.3) is 0 Å². The molecule has 2 saturated carbocycles. The number of hydrogen-bond acceptors (Lipinski definition) is 3. The summed E-state index contributed by atoms with van der Waals surface area (Å²) >= 11 is 0. The number of esters is 1. The lowest BCUT2D eigenvalue weighted by Gasteiger charge is -2.20. The summed E-state index contributed by atoms with van der Waals surface area (Å²) < 4.78 is 4.64. The standard InChI is InChI=1S/C18H23NO3/c1-22-18(21)10-12-3-6-16(7-4-12)19-17(20)11-15-9-13-2-5-14(15)8-13/h3-4,6-7,13-15H,2,5,8-11H2,1H3,(H,19,20)/t13-,14-,15+/m0/s1. The zero-order chi connectivity index (χ0) is 15.5. The van der Waals surface area contributed by atoms with E-state index in [4.69, 9.17) is 0 Å². The Kier molecular flexibility index (Phi) is 4.46. The zero-order valence-electron chi connectivity index (χ0n) is 13.0. The van der Waals surface area contributed by atoms with Crippen LogP contribution in [0.5, 0.6) is 0 Å². The fourth-order valence-corrected chi connectivity index (χ4v) is 4.02. The van der Waals surface area contributed by atoms with Crippen LogP contribution in [0, 0.1) is 17.8 Å². The van der Waals surface area contributed by atoms with Crippen molar-refractivity contribution in [2.24, 2.45) is 17.8 Å². The van der Waals surface area contributed by atoms with Gasteiger partial charge in [0, 0.05) is 12.1 Å². The second-order valence-corrected chi connectivity index (χ2v) is 6.64. The third-order valence-electron chi connectivity index (χ3n) is 5.15. The fraction of sp³-hybridized carbons (Fsp3) is 0.556. The number of rotatable bonds is 5. The number of methoxy groups -OCH3 is 1. The van der Waals surface area contributed by atoms with Gasteiger partial charge in [-0.3, -0.25) is 9.59 Å². The van der Waals surface area contributed by atoms with Gasteiger partial charge in [-0.15, -0.1) is 0 Å². The molecule has 0 aromatic heterocycles. The molecule has 0 unspecified atom stereocenters. The average Bonchev–Trinajstić information content (AvgIpc) is 3.11. The van der Waals surface area contributed by atoms with Gasteiger partial charge in [0.2, 0.25) is 5.91 Å². The smallest absolute Gasteiger partial charge is 0.309 e. The Bertz CT molecular complexity index is 552. The molecule has 4 nitrogen and oxygen atoms in total. The molecule has 0 spiro atoms. The van der Waals surface area contributed by atoms with Crippen molar-refractivity contribution in [2.75, 3.05) is 12.4 Å². The summed E-state index contributed by atoms with van der Waals surface area (Å²) in [5.74, 6) is 2.09.